The zero-order valence-electron chi connectivity index (χ0n) is 18.2. The number of imidazole rings is 1. The largest absolute Gasteiger partial charge is 0.444 e. The minimum atomic E-state index is -0.509. The Hall–Kier alpha value is -3.49. The second-order valence-electron chi connectivity index (χ2n) is 8.60. The number of carbonyl (C=O) groups is 2. The predicted molar refractivity (Wildman–Crippen MR) is 116 cm³/mol. The number of hydrogen-bond donors (Lipinski definition) is 1. The van der Waals surface area contributed by atoms with Crippen LogP contribution in [-0.4, -0.2) is 68.5 Å². The maximum absolute atomic E-state index is 12.7. The van der Waals surface area contributed by atoms with Gasteiger partial charge in [0.25, 0.3) is 0 Å². The highest BCUT2D eigenvalue weighted by Gasteiger charge is 2.26. The van der Waals surface area contributed by atoms with Crippen molar-refractivity contribution in [3.05, 3.63) is 47.5 Å². The molecule has 0 unspecified atom stereocenters. The highest BCUT2D eigenvalue weighted by atomic mass is 16.6. The lowest BCUT2D eigenvalue weighted by molar-refractivity contribution is 0.0240. The van der Waals surface area contributed by atoms with Crippen LogP contribution in [0.1, 0.15) is 42.6 Å². The number of hydrogen-bond acceptors (Lipinski definition) is 7. The number of ketones is 1. The van der Waals surface area contributed by atoms with Crippen molar-refractivity contribution in [3.63, 3.8) is 0 Å². The molecule has 0 bridgehead atoms. The molecule has 0 aliphatic carbocycles. The molecule has 3 aromatic rings. The van der Waals surface area contributed by atoms with Crippen LogP contribution in [-0.2, 0) is 4.74 Å². The first-order chi connectivity index (χ1) is 14.7. The Morgan fingerprint density at radius 3 is 2.48 bits per heavy atom. The van der Waals surface area contributed by atoms with Crippen molar-refractivity contribution in [2.24, 2.45) is 0 Å². The number of nitrogens with zero attached hydrogens (tertiary/aromatic N) is 5. The maximum atomic E-state index is 12.7. The van der Waals surface area contributed by atoms with Gasteiger partial charge in [-0.2, -0.15) is 0 Å². The number of aromatic amines is 1. The molecule has 1 amide bonds. The molecule has 9 nitrogen and oxygen atoms in total. The minimum absolute atomic E-state index is 0.198. The van der Waals surface area contributed by atoms with Crippen molar-refractivity contribution in [2.45, 2.75) is 33.3 Å². The number of ether oxygens (including phenoxy) is 1. The molecule has 0 spiro atoms. The first-order valence-corrected chi connectivity index (χ1v) is 10.3. The zero-order chi connectivity index (χ0) is 22.2. The smallest absolute Gasteiger partial charge is 0.410 e. The van der Waals surface area contributed by atoms with E-state index in [2.05, 4.69) is 24.8 Å². The fourth-order valence-corrected chi connectivity index (χ4v) is 3.43. The van der Waals surface area contributed by atoms with E-state index in [1.165, 1.54) is 0 Å². The fourth-order valence-electron chi connectivity index (χ4n) is 3.43. The number of amides is 1. The first kappa shape index (κ1) is 20.8. The summed E-state index contributed by atoms with van der Waals surface area (Å²) in [7, 11) is 0. The van der Waals surface area contributed by atoms with Crippen LogP contribution in [0, 0.1) is 6.92 Å². The molecule has 0 aromatic carbocycles. The van der Waals surface area contributed by atoms with Gasteiger partial charge in [-0.15, -0.1) is 0 Å². The lowest BCUT2D eigenvalue weighted by Gasteiger charge is -2.36. The summed E-state index contributed by atoms with van der Waals surface area (Å²) in [6.07, 6.45) is 1.32. The van der Waals surface area contributed by atoms with Crippen molar-refractivity contribution >= 4 is 28.9 Å². The summed E-state index contributed by atoms with van der Waals surface area (Å²) in [5.74, 6) is 0.817. The minimum Gasteiger partial charge on any atom is -0.444 e. The van der Waals surface area contributed by atoms with Gasteiger partial charge in [-0.25, -0.2) is 14.8 Å². The van der Waals surface area contributed by atoms with Gasteiger partial charge in [0.2, 0.25) is 5.78 Å². The Bertz CT molecular complexity index is 1130. The quantitative estimate of drug-likeness (QED) is 0.647. The third kappa shape index (κ3) is 4.65. The summed E-state index contributed by atoms with van der Waals surface area (Å²) in [4.78, 5) is 45.0. The van der Waals surface area contributed by atoms with E-state index in [-0.39, 0.29) is 17.7 Å². The molecule has 162 valence electrons. The molecule has 1 aliphatic heterocycles. The normalized spacial score (nSPS) is 14.7. The van der Waals surface area contributed by atoms with Gasteiger partial charge < -0.3 is 19.5 Å². The number of pyridine rings is 2. The van der Waals surface area contributed by atoms with Crippen molar-refractivity contribution in [3.8, 4) is 0 Å². The molecule has 1 fully saturated rings. The molecule has 0 atom stereocenters. The number of carbonyl (C=O) groups excluding carboxylic acids is 2. The van der Waals surface area contributed by atoms with Crippen LogP contribution >= 0.6 is 0 Å². The molecule has 1 aliphatic rings. The van der Waals surface area contributed by atoms with Crippen LogP contribution in [0.3, 0.4) is 0 Å². The van der Waals surface area contributed by atoms with Crippen LogP contribution < -0.4 is 4.90 Å². The molecule has 1 saturated heterocycles. The molecule has 0 radical (unpaired) electrons. The summed E-state index contributed by atoms with van der Waals surface area (Å²) in [6, 6.07) is 7.18. The Morgan fingerprint density at radius 1 is 1.06 bits per heavy atom. The summed E-state index contributed by atoms with van der Waals surface area (Å²) in [5.41, 5.74) is 1.98. The third-order valence-corrected chi connectivity index (χ3v) is 4.96. The number of rotatable bonds is 3. The summed E-state index contributed by atoms with van der Waals surface area (Å²) >= 11 is 0. The van der Waals surface area contributed by atoms with Gasteiger partial charge in [0.05, 0.1) is 5.52 Å². The van der Waals surface area contributed by atoms with Gasteiger partial charge in [-0.3, -0.25) is 9.78 Å². The van der Waals surface area contributed by atoms with Crippen molar-refractivity contribution in [1.29, 1.82) is 0 Å². The van der Waals surface area contributed by atoms with E-state index in [0.29, 0.717) is 42.9 Å². The van der Waals surface area contributed by atoms with Crippen LogP contribution in [0.25, 0.3) is 11.2 Å². The molecule has 4 heterocycles. The fraction of sp³-hybridized carbons (Fsp3) is 0.409. The van der Waals surface area contributed by atoms with Crippen LogP contribution in [0.2, 0.25) is 0 Å². The summed E-state index contributed by atoms with van der Waals surface area (Å²) < 4.78 is 5.45. The number of H-pyrrole nitrogens is 1. The van der Waals surface area contributed by atoms with Crippen LogP contribution in [0.5, 0.6) is 0 Å². The molecule has 0 saturated carbocycles. The molecule has 9 heteroatoms. The summed E-state index contributed by atoms with van der Waals surface area (Å²) in [5, 5.41) is 0. The third-order valence-electron chi connectivity index (χ3n) is 4.96. The molecular formula is C22H26N6O3. The Labute approximate surface area is 180 Å². The molecule has 1 N–H and O–H groups in total. The summed E-state index contributed by atoms with van der Waals surface area (Å²) in [6.45, 7) is 9.82. The van der Waals surface area contributed by atoms with E-state index in [9.17, 15) is 9.59 Å². The van der Waals surface area contributed by atoms with E-state index in [1.54, 1.807) is 23.2 Å². The number of aromatic nitrogens is 4. The number of piperazine rings is 1. The van der Waals surface area contributed by atoms with E-state index in [4.69, 9.17) is 4.74 Å². The van der Waals surface area contributed by atoms with Gasteiger partial charge >= 0.3 is 6.09 Å². The van der Waals surface area contributed by atoms with E-state index in [1.807, 2.05) is 39.8 Å². The van der Waals surface area contributed by atoms with E-state index in [0.717, 1.165) is 11.5 Å². The number of fused-ring (bicyclic) bond motifs is 1. The number of anilines is 1. The van der Waals surface area contributed by atoms with Crippen molar-refractivity contribution < 1.29 is 14.3 Å². The highest BCUT2D eigenvalue weighted by molar-refractivity contribution is 6.07. The van der Waals surface area contributed by atoms with Crippen molar-refractivity contribution in [2.75, 3.05) is 31.1 Å². The van der Waals surface area contributed by atoms with Gasteiger partial charge in [0.15, 0.2) is 11.5 Å². The van der Waals surface area contributed by atoms with Gasteiger partial charge in [0, 0.05) is 43.6 Å². The second kappa shape index (κ2) is 7.98. The van der Waals surface area contributed by atoms with Gasteiger partial charge in [-0.05, 0) is 52.0 Å². The van der Waals surface area contributed by atoms with E-state index < -0.39 is 5.60 Å². The average molecular weight is 422 g/mol. The Balaban J connectivity index is 1.47. The zero-order valence-corrected chi connectivity index (χ0v) is 18.2. The Kier molecular flexibility index (Phi) is 5.34. The average Bonchev–Trinajstić information content (AvgIpc) is 3.15. The van der Waals surface area contributed by atoms with Crippen molar-refractivity contribution in [1.82, 2.24) is 24.8 Å². The predicted octanol–water partition coefficient (Wildman–Crippen LogP) is 2.95. The van der Waals surface area contributed by atoms with Crippen LogP contribution in [0.4, 0.5) is 10.6 Å². The number of nitrogens with one attached hydrogen (secondary N) is 1. The molecule has 31 heavy (non-hydrogen) atoms. The first-order valence-electron chi connectivity index (χ1n) is 10.3. The molecule has 4 rings (SSSR count). The number of aryl methyl sites for hydroxylation is 1. The maximum Gasteiger partial charge on any atom is 0.410 e. The van der Waals surface area contributed by atoms with Gasteiger partial charge in [0.1, 0.15) is 11.4 Å². The van der Waals surface area contributed by atoms with Gasteiger partial charge in [-0.1, -0.05) is 0 Å². The van der Waals surface area contributed by atoms with Crippen LogP contribution in [0.15, 0.2) is 30.5 Å². The molecular weight excluding hydrogens is 396 g/mol. The topological polar surface area (TPSA) is 104 Å². The second-order valence-corrected chi connectivity index (χ2v) is 8.60. The lowest BCUT2D eigenvalue weighted by atomic mass is 10.1. The monoisotopic (exact) mass is 422 g/mol. The molecule has 3 aromatic heterocycles. The van der Waals surface area contributed by atoms with E-state index >= 15 is 0 Å². The highest BCUT2D eigenvalue weighted by Crippen LogP contribution is 2.20. The Morgan fingerprint density at radius 2 is 1.81 bits per heavy atom. The SMILES string of the molecule is Cc1cc(C(=O)c2nc3nc(N4CCN(C(=O)OC(C)(C)C)CC4)ccc3[nH]2)ccn1. The lowest BCUT2D eigenvalue weighted by Crippen LogP contribution is -2.50. The standard InChI is InChI=1S/C22H26N6O3/c1-14-13-15(7-8-23-14)18(29)20-24-16-5-6-17(25-19(16)26-20)27-9-11-28(12-10-27)21(30)31-22(2,3)4/h5-8,13H,9-12H2,1-4H3,(H,24,25,26).